The molecule has 0 radical (unpaired) electrons. The molecular weight excluding hydrogens is 582 g/mol. The van der Waals surface area contributed by atoms with Gasteiger partial charge in [-0.1, -0.05) is 12.8 Å². The molecule has 0 aromatic carbocycles. The lowest BCUT2D eigenvalue weighted by Crippen LogP contribution is -3.00. The van der Waals surface area contributed by atoms with Gasteiger partial charge in [0.2, 0.25) is 0 Å². The fourth-order valence-corrected chi connectivity index (χ4v) is 2.71. The highest BCUT2D eigenvalue weighted by molar-refractivity contribution is 5.91. The zero-order valence-electron chi connectivity index (χ0n) is 16.3. The summed E-state index contributed by atoms with van der Waals surface area (Å²) in [6, 6.07) is 11.1. The lowest BCUT2D eigenvalue weighted by molar-refractivity contribution is -0.673. The van der Waals surface area contributed by atoms with E-state index < -0.39 is 0 Å². The molecule has 0 saturated heterocycles. The molecule has 28 heavy (non-hydrogen) atoms. The third kappa shape index (κ3) is 8.80. The van der Waals surface area contributed by atoms with Crippen LogP contribution in [0, 0.1) is 0 Å². The highest BCUT2D eigenvalue weighted by Crippen LogP contribution is 1.99. The Bertz CT molecular complexity index is 693. The Morgan fingerprint density at radius 2 is 1.11 bits per heavy atom. The Kier molecular flexibility index (Phi) is 14.0. The highest BCUT2D eigenvalue weighted by Gasteiger charge is 2.15. The zero-order valence-corrected chi connectivity index (χ0v) is 20.6. The zero-order chi connectivity index (χ0) is 18.8. The summed E-state index contributed by atoms with van der Waals surface area (Å²) in [7, 11) is 3.72. The van der Waals surface area contributed by atoms with Crippen LogP contribution in [0.4, 0.5) is 0 Å². The molecule has 0 spiro atoms. The highest BCUT2D eigenvalue weighted by atomic mass is 127. The molecule has 8 heteroatoms. The van der Waals surface area contributed by atoms with Gasteiger partial charge in [-0.2, -0.15) is 9.13 Å². The summed E-state index contributed by atoms with van der Waals surface area (Å²) >= 11 is 0. The Labute approximate surface area is 201 Å². The van der Waals surface area contributed by atoms with E-state index in [-0.39, 0.29) is 59.8 Å². The molecule has 0 aliphatic heterocycles. The van der Waals surface area contributed by atoms with Gasteiger partial charge in [0.05, 0.1) is 0 Å². The first-order chi connectivity index (χ1) is 12.6. The largest absolute Gasteiger partial charge is 1.00 e. The van der Waals surface area contributed by atoms with E-state index in [0.29, 0.717) is 24.5 Å². The first kappa shape index (κ1) is 26.7. The first-order valence-corrected chi connectivity index (χ1v) is 9.05. The third-order valence-corrected chi connectivity index (χ3v) is 4.25. The minimum absolute atomic E-state index is 0. The summed E-state index contributed by atoms with van der Waals surface area (Å²) in [5.41, 5.74) is 1.31. The fraction of sp³-hybridized carbons (Fsp3) is 0.400. The minimum Gasteiger partial charge on any atom is -1.00 e. The molecule has 6 nitrogen and oxygen atoms in total. The lowest BCUT2D eigenvalue weighted by Gasteiger charge is -2.05. The van der Waals surface area contributed by atoms with Gasteiger partial charge in [0.1, 0.15) is 14.1 Å². The summed E-state index contributed by atoms with van der Waals surface area (Å²) in [6.45, 7) is 1.33. The maximum absolute atomic E-state index is 12.1. The van der Waals surface area contributed by atoms with Crippen molar-refractivity contribution in [2.24, 2.45) is 14.1 Å². The van der Waals surface area contributed by atoms with Crippen LogP contribution in [0.15, 0.2) is 48.8 Å². The smallest absolute Gasteiger partial charge is 0.316 e. The van der Waals surface area contributed by atoms with Crippen LogP contribution in [-0.4, -0.2) is 24.9 Å². The van der Waals surface area contributed by atoms with Crippen molar-refractivity contribution in [3.63, 3.8) is 0 Å². The van der Waals surface area contributed by atoms with E-state index in [2.05, 4.69) is 10.6 Å². The summed E-state index contributed by atoms with van der Waals surface area (Å²) in [5, 5.41) is 5.89. The van der Waals surface area contributed by atoms with Gasteiger partial charge in [-0.25, -0.2) is 0 Å². The van der Waals surface area contributed by atoms with E-state index in [1.54, 1.807) is 0 Å². The molecule has 0 saturated carbocycles. The maximum atomic E-state index is 12.1. The van der Waals surface area contributed by atoms with Crippen molar-refractivity contribution in [3.05, 3.63) is 60.2 Å². The number of unbranched alkanes of at least 4 members (excludes halogenated alkanes) is 3. The summed E-state index contributed by atoms with van der Waals surface area (Å²) < 4.78 is 3.62. The van der Waals surface area contributed by atoms with E-state index in [0.717, 1.165) is 25.7 Å². The number of hydrogen-bond donors (Lipinski definition) is 2. The molecule has 2 rings (SSSR count). The van der Waals surface area contributed by atoms with Gasteiger partial charge in [0.15, 0.2) is 12.4 Å². The number of rotatable bonds is 9. The average molecular weight is 610 g/mol. The number of hydrogen-bond acceptors (Lipinski definition) is 2. The molecule has 154 valence electrons. The molecule has 0 aliphatic rings. The number of pyridine rings is 2. The normalized spacial score (nSPS) is 9.64. The first-order valence-electron chi connectivity index (χ1n) is 9.05. The van der Waals surface area contributed by atoms with Gasteiger partial charge in [-0.15, -0.1) is 0 Å². The van der Waals surface area contributed by atoms with Gasteiger partial charge in [-0.3, -0.25) is 9.59 Å². The van der Waals surface area contributed by atoms with Crippen molar-refractivity contribution < 1.29 is 66.7 Å². The summed E-state index contributed by atoms with van der Waals surface area (Å²) in [5.74, 6) is -0.0906. The Balaban J connectivity index is 0.00000364. The monoisotopic (exact) mass is 610 g/mol. The second-order valence-corrected chi connectivity index (χ2v) is 6.32. The standard InChI is InChI=1S/C20H26N4O2.2HI/c1-23-15-9-5-11-17(23)19(25)21-13-7-3-4-8-14-22-20(26)18-12-6-10-16-24(18)2;;/h5-6,9-12,15-16H,3-4,7-8,13-14H2,1-2H3;2*1H. The van der Waals surface area contributed by atoms with Crippen LogP contribution in [0.2, 0.25) is 0 Å². The fourth-order valence-electron chi connectivity index (χ4n) is 2.71. The number of amides is 2. The van der Waals surface area contributed by atoms with Crippen LogP contribution in [0.25, 0.3) is 0 Å². The quantitative estimate of drug-likeness (QED) is 0.170. The number of aryl methyl sites for hydroxylation is 2. The van der Waals surface area contributed by atoms with Crippen LogP contribution < -0.4 is 67.7 Å². The van der Waals surface area contributed by atoms with E-state index in [1.165, 1.54) is 0 Å². The van der Waals surface area contributed by atoms with Crippen molar-refractivity contribution in [1.82, 2.24) is 10.6 Å². The minimum atomic E-state index is -0.0453. The molecule has 2 aromatic heterocycles. The SMILES string of the molecule is C[n+]1ccccc1C(=O)NCCCCCCNC(=O)c1cccc[n+]1C.[I-].[I-]. The van der Waals surface area contributed by atoms with Crippen molar-refractivity contribution in [1.29, 1.82) is 0 Å². The Hall–Kier alpha value is -1.30. The Morgan fingerprint density at radius 3 is 1.46 bits per heavy atom. The molecule has 0 unspecified atom stereocenters. The van der Waals surface area contributed by atoms with E-state index in [1.807, 2.05) is 72.0 Å². The second kappa shape index (κ2) is 14.7. The molecule has 2 heterocycles. The van der Waals surface area contributed by atoms with Gasteiger partial charge in [0, 0.05) is 37.4 Å². The van der Waals surface area contributed by atoms with E-state index in [4.69, 9.17) is 0 Å². The van der Waals surface area contributed by atoms with Crippen molar-refractivity contribution in [3.8, 4) is 0 Å². The van der Waals surface area contributed by atoms with Crippen LogP contribution in [-0.2, 0) is 14.1 Å². The molecule has 2 aromatic rings. The van der Waals surface area contributed by atoms with Crippen LogP contribution in [0.5, 0.6) is 0 Å². The van der Waals surface area contributed by atoms with Crippen molar-refractivity contribution >= 4 is 11.8 Å². The Morgan fingerprint density at radius 1 is 0.714 bits per heavy atom. The van der Waals surface area contributed by atoms with Gasteiger partial charge in [0.25, 0.3) is 11.4 Å². The maximum Gasteiger partial charge on any atom is 0.316 e. The van der Waals surface area contributed by atoms with E-state index in [9.17, 15) is 9.59 Å². The third-order valence-electron chi connectivity index (χ3n) is 4.25. The molecule has 2 amide bonds. The van der Waals surface area contributed by atoms with Crippen LogP contribution in [0.3, 0.4) is 0 Å². The predicted molar refractivity (Wildman–Crippen MR) is 98.4 cm³/mol. The molecule has 0 bridgehead atoms. The van der Waals surface area contributed by atoms with Crippen LogP contribution in [0.1, 0.15) is 46.7 Å². The van der Waals surface area contributed by atoms with Gasteiger partial charge >= 0.3 is 11.8 Å². The summed E-state index contributed by atoms with van der Waals surface area (Å²) in [6.07, 6.45) is 7.64. The summed E-state index contributed by atoms with van der Waals surface area (Å²) in [4.78, 5) is 24.1. The molecular formula is C20H28I2N4O2. The van der Waals surface area contributed by atoms with Gasteiger partial charge < -0.3 is 58.6 Å². The predicted octanol–water partition coefficient (Wildman–Crippen LogP) is -4.94. The number of aromatic nitrogens is 2. The lowest BCUT2D eigenvalue weighted by atomic mass is 10.2. The topological polar surface area (TPSA) is 66.0 Å². The number of carbonyl (C=O) groups is 2. The number of carbonyl (C=O) groups excluding carboxylic acids is 2. The molecule has 2 N–H and O–H groups in total. The average Bonchev–Trinajstić information content (AvgIpc) is 2.64. The molecule has 0 atom stereocenters. The second-order valence-electron chi connectivity index (χ2n) is 6.32. The number of halogens is 2. The number of nitrogens with one attached hydrogen (secondary N) is 2. The van der Waals surface area contributed by atoms with Gasteiger partial charge in [-0.05, 0) is 25.0 Å². The molecule has 0 fully saturated rings. The van der Waals surface area contributed by atoms with E-state index >= 15 is 0 Å². The number of nitrogens with zero attached hydrogens (tertiary/aromatic N) is 2. The van der Waals surface area contributed by atoms with Crippen molar-refractivity contribution in [2.45, 2.75) is 25.7 Å². The molecule has 0 aliphatic carbocycles. The van der Waals surface area contributed by atoms with Crippen molar-refractivity contribution in [2.75, 3.05) is 13.1 Å². The van der Waals surface area contributed by atoms with Crippen LogP contribution >= 0.6 is 0 Å².